The molecule has 1 aliphatic carbocycles. The van der Waals surface area contributed by atoms with Crippen molar-refractivity contribution in [2.45, 2.75) is 44.6 Å². The molecule has 15 heavy (non-hydrogen) atoms. The molecule has 0 aromatic rings. The fourth-order valence-corrected chi connectivity index (χ4v) is 1.82. The zero-order valence-corrected chi connectivity index (χ0v) is 10.2. The van der Waals surface area contributed by atoms with E-state index in [0.29, 0.717) is 6.54 Å². The highest BCUT2D eigenvalue weighted by atomic mass is 16.3. The van der Waals surface area contributed by atoms with E-state index in [9.17, 15) is 5.11 Å². The van der Waals surface area contributed by atoms with E-state index < -0.39 is 5.60 Å². The van der Waals surface area contributed by atoms with Gasteiger partial charge in [-0.25, -0.2) is 0 Å². The fraction of sp³-hybridized carbons (Fsp3) is 1.00. The van der Waals surface area contributed by atoms with Gasteiger partial charge in [-0.1, -0.05) is 0 Å². The lowest BCUT2D eigenvalue weighted by molar-refractivity contribution is 0.0565. The number of rotatable bonds is 8. The molecule has 0 saturated heterocycles. The summed E-state index contributed by atoms with van der Waals surface area (Å²) in [5.41, 5.74) is 4.80. The molecule has 0 spiro atoms. The molecule has 1 atom stereocenters. The van der Waals surface area contributed by atoms with Gasteiger partial charge in [0.25, 0.3) is 0 Å². The third-order valence-corrected chi connectivity index (χ3v) is 3.21. The zero-order valence-electron chi connectivity index (χ0n) is 10.2. The van der Waals surface area contributed by atoms with Gasteiger partial charge in [0.2, 0.25) is 0 Å². The second kappa shape index (κ2) is 5.83. The maximum atomic E-state index is 9.71. The summed E-state index contributed by atoms with van der Waals surface area (Å²) in [6.45, 7) is 4.59. The normalized spacial score (nSPS) is 20.6. The van der Waals surface area contributed by atoms with Crippen molar-refractivity contribution in [2.24, 2.45) is 11.7 Å². The SMILES string of the molecule is CN(CCCCC(C)(O)CN)CC1CC1. The maximum Gasteiger partial charge on any atom is 0.0741 e. The van der Waals surface area contributed by atoms with Crippen LogP contribution in [0.2, 0.25) is 0 Å². The van der Waals surface area contributed by atoms with Crippen molar-refractivity contribution in [3.05, 3.63) is 0 Å². The van der Waals surface area contributed by atoms with Gasteiger partial charge in [-0.05, 0) is 58.5 Å². The van der Waals surface area contributed by atoms with Crippen LogP contribution in [0.3, 0.4) is 0 Å². The highest BCUT2D eigenvalue weighted by molar-refractivity contribution is 4.76. The second-order valence-electron chi connectivity index (χ2n) is 5.36. The van der Waals surface area contributed by atoms with E-state index in [1.807, 2.05) is 6.92 Å². The van der Waals surface area contributed by atoms with Crippen molar-refractivity contribution in [2.75, 3.05) is 26.7 Å². The molecule has 0 radical (unpaired) electrons. The van der Waals surface area contributed by atoms with Gasteiger partial charge in [0.15, 0.2) is 0 Å². The lowest BCUT2D eigenvalue weighted by Gasteiger charge is -2.21. The highest BCUT2D eigenvalue weighted by Gasteiger charge is 2.22. The lowest BCUT2D eigenvalue weighted by atomic mass is 9.99. The quantitative estimate of drug-likeness (QED) is 0.597. The Morgan fingerprint density at radius 1 is 1.40 bits per heavy atom. The molecule has 0 aromatic heterocycles. The lowest BCUT2D eigenvalue weighted by Crippen LogP contribution is -2.34. The molecule has 3 nitrogen and oxygen atoms in total. The Kier molecular flexibility index (Phi) is 5.03. The largest absolute Gasteiger partial charge is 0.389 e. The third-order valence-electron chi connectivity index (χ3n) is 3.21. The van der Waals surface area contributed by atoms with Crippen molar-refractivity contribution in [1.82, 2.24) is 4.90 Å². The molecule has 0 heterocycles. The summed E-state index contributed by atoms with van der Waals surface area (Å²) in [7, 11) is 2.19. The molecule has 0 aliphatic heterocycles. The zero-order chi connectivity index (χ0) is 11.3. The Morgan fingerprint density at radius 2 is 2.07 bits per heavy atom. The fourth-order valence-electron chi connectivity index (χ4n) is 1.82. The number of nitrogens with zero attached hydrogens (tertiary/aromatic N) is 1. The Labute approximate surface area is 93.6 Å². The number of hydrogen-bond acceptors (Lipinski definition) is 3. The third kappa shape index (κ3) is 6.13. The van der Waals surface area contributed by atoms with Crippen molar-refractivity contribution < 1.29 is 5.11 Å². The van der Waals surface area contributed by atoms with Gasteiger partial charge < -0.3 is 15.7 Å². The number of aliphatic hydroxyl groups is 1. The highest BCUT2D eigenvalue weighted by Crippen LogP contribution is 2.29. The minimum Gasteiger partial charge on any atom is -0.389 e. The molecule has 1 fully saturated rings. The number of unbranched alkanes of at least 4 members (excludes halogenated alkanes) is 1. The van der Waals surface area contributed by atoms with Crippen LogP contribution in [0.1, 0.15) is 39.0 Å². The van der Waals surface area contributed by atoms with E-state index in [4.69, 9.17) is 5.73 Å². The van der Waals surface area contributed by atoms with E-state index >= 15 is 0 Å². The van der Waals surface area contributed by atoms with Crippen molar-refractivity contribution in [3.63, 3.8) is 0 Å². The van der Waals surface area contributed by atoms with Gasteiger partial charge in [0.1, 0.15) is 0 Å². The smallest absolute Gasteiger partial charge is 0.0741 e. The van der Waals surface area contributed by atoms with Gasteiger partial charge in [-0.15, -0.1) is 0 Å². The van der Waals surface area contributed by atoms with Crippen LogP contribution in [0.5, 0.6) is 0 Å². The molecule has 3 N–H and O–H groups in total. The van der Waals surface area contributed by atoms with Crippen LogP contribution in [0.25, 0.3) is 0 Å². The van der Waals surface area contributed by atoms with Gasteiger partial charge in [0, 0.05) is 13.1 Å². The summed E-state index contributed by atoms with van der Waals surface area (Å²) in [4.78, 5) is 2.41. The van der Waals surface area contributed by atoms with Gasteiger partial charge in [0.05, 0.1) is 5.60 Å². The maximum absolute atomic E-state index is 9.71. The van der Waals surface area contributed by atoms with Crippen LogP contribution < -0.4 is 5.73 Å². The van der Waals surface area contributed by atoms with Crippen molar-refractivity contribution in [1.29, 1.82) is 0 Å². The Bertz CT molecular complexity index is 178. The first-order valence-corrected chi connectivity index (χ1v) is 6.14. The van der Waals surface area contributed by atoms with Crippen LogP contribution >= 0.6 is 0 Å². The first-order valence-electron chi connectivity index (χ1n) is 6.14. The Balaban J connectivity index is 1.95. The molecule has 1 saturated carbocycles. The van der Waals surface area contributed by atoms with Gasteiger partial charge in [-0.3, -0.25) is 0 Å². The van der Waals surface area contributed by atoms with E-state index in [1.54, 1.807) is 0 Å². The first-order chi connectivity index (χ1) is 7.03. The van der Waals surface area contributed by atoms with E-state index in [-0.39, 0.29) is 0 Å². The summed E-state index contributed by atoms with van der Waals surface area (Å²) >= 11 is 0. The molecule has 90 valence electrons. The predicted octanol–water partition coefficient (Wildman–Crippen LogP) is 1.21. The minimum atomic E-state index is -0.658. The molecule has 1 aliphatic rings. The molecular weight excluding hydrogens is 188 g/mol. The summed E-state index contributed by atoms with van der Waals surface area (Å²) in [5, 5.41) is 9.71. The van der Waals surface area contributed by atoms with Crippen LogP contribution in [0, 0.1) is 5.92 Å². The summed E-state index contributed by atoms with van der Waals surface area (Å²) in [5.74, 6) is 0.974. The van der Waals surface area contributed by atoms with Gasteiger partial charge >= 0.3 is 0 Å². The first kappa shape index (κ1) is 12.9. The topological polar surface area (TPSA) is 49.5 Å². The van der Waals surface area contributed by atoms with Crippen LogP contribution in [-0.4, -0.2) is 42.3 Å². The average Bonchev–Trinajstić information content (AvgIpc) is 2.96. The number of hydrogen-bond donors (Lipinski definition) is 2. The summed E-state index contributed by atoms with van der Waals surface area (Å²) in [6, 6.07) is 0. The van der Waals surface area contributed by atoms with Crippen LogP contribution in [0.4, 0.5) is 0 Å². The standard InChI is InChI=1S/C12H26N2O/c1-12(15,10-13)7-3-4-8-14(2)9-11-5-6-11/h11,15H,3-10,13H2,1-2H3. The Hall–Kier alpha value is -0.120. The van der Waals surface area contributed by atoms with Crippen molar-refractivity contribution >= 4 is 0 Å². The van der Waals surface area contributed by atoms with Crippen LogP contribution in [-0.2, 0) is 0 Å². The van der Waals surface area contributed by atoms with Crippen LogP contribution in [0.15, 0.2) is 0 Å². The van der Waals surface area contributed by atoms with Gasteiger partial charge in [-0.2, -0.15) is 0 Å². The van der Waals surface area contributed by atoms with E-state index in [2.05, 4.69) is 11.9 Å². The molecule has 1 unspecified atom stereocenters. The second-order valence-corrected chi connectivity index (χ2v) is 5.36. The molecule has 0 bridgehead atoms. The average molecular weight is 214 g/mol. The van der Waals surface area contributed by atoms with Crippen molar-refractivity contribution in [3.8, 4) is 0 Å². The Morgan fingerprint density at radius 3 is 2.60 bits per heavy atom. The minimum absolute atomic E-state index is 0.366. The van der Waals surface area contributed by atoms with E-state index in [0.717, 1.165) is 25.3 Å². The predicted molar refractivity (Wildman–Crippen MR) is 63.8 cm³/mol. The molecule has 0 amide bonds. The monoisotopic (exact) mass is 214 g/mol. The molecule has 3 heteroatoms. The number of nitrogens with two attached hydrogens (primary N) is 1. The van der Waals surface area contributed by atoms with E-state index in [1.165, 1.54) is 25.8 Å². The summed E-state index contributed by atoms with van der Waals surface area (Å²) < 4.78 is 0. The summed E-state index contributed by atoms with van der Waals surface area (Å²) in [6.07, 6.45) is 5.90. The molecule has 0 aromatic carbocycles. The molecule has 1 rings (SSSR count). The molecular formula is C12H26N2O.